The summed E-state index contributed by atoms with van der Waals surface area (Å²) < 4.78 is 22.2. The second-order valence-electron chi connectivity index (χ2n) is 6.17. The molecule has 0 saturated heterocycles. The Morgan fingerprint density at radius 1 is 1.00 bits per heavy atom. The van der Waals surface area contributed by atoms with Crippen LogP contribution in [0.2, 0.25) is 0 Å². The van der Waals surface area contributed by atoms with Crippen molar-refractivity contribution in [3.8, 4) is 23.0 Å². The van der Waals surface area contributed by atoms with Gasteiger partial charge in [-0.05, 0) is 30.9 Å². The summed E-state index contributed by atoms with van der Waals surface area (Å²) in [5, 5.41) is 3.25. The van der Waals surface area contributed by atoms with Gasteiger partial charge in [-0.15, -0.1) is 0 Å². The van der Waals surface area contributed by atoms with Crippen molar-refractivity contribution in [3.05, 3.63) is 23.9 Å². The summed E-state index contributed by atoms with van der Waals surface area (Å²) in [6.07, 6.45) is 5.29. The van der Waals surface area contributed by atoms with Gasteiger partial charge in [-0.3, -0.25) is 0 Å². The van der Waals surface area contributed by atoms with Gasteiger partial charge in [0.15, 0.2) is 23.1 Å². The van der Waals surface area contributed by atoms with Crippen LogP contribution in [-0.4, -0.2) is 44.4 Å². The maximum atomic E-state index is 5.88. The first-order valence-electron chi connectivity index (χ1n) is 9.41. The number of aromatic nitrogens is 2. The Kier molecular flexibility index (Phi) is 8.45. The number of hydrogen-bond donors (Lipinski definition) is 2. The Hall–Kier alpha value is -2.90. The average molecular weight is 390 g/mol. The van der Waals surface area contributed by atoms with Crippen molar-refractivity contribution < 1.29 is 18.9 Å². The molecule has 3 N–H and O–H groups in total. The number of hydrogen-bond acceptors (Lipinski definition) is 8. The lowest BCUT2D eigenvalue weighted by molar-refractivity contribution is 0.305. The van der Waals surface area contributed by atoms with Crippen molar-refractivity contribution in [2.24, 2.45) is 0 Å². The maximum Gasteiger partial charge on any atom is 0.222 e. The first kappa shape index (κ1) is 21.4. The number of ether oxygens (including phenoxy) is 4. The molecule has 0 bridgehead atoms. The molecule has 1 heterocycles. The van der Waals surface area contributed by atoms with Crippen molar-refractivity contribution in [1.29, 1.82) is 0 Å². The van der Waals surface area contributed by atoms with Crippen LogP contribution in [0, 0.1) is 0 Å². The molecular formula is C20H30N4O4. The number of nitrogens with two attached hydrogens (primary N) is 1. The van der Waals surface area contributed by atoms with E-state index in [1.807, 2.05) is 12.1 Å². The molecular weight excluding hydrogens is 360 g/mol. The SMILES string of the molecule is CCCCNc1nc(N)ncc1OCCCc1ccc(OC)c(OC)c1OC. The molecule has 0 radical (unpaired) electrons. The number of unbranched alkanes of at least 4 members (excludes halogenated alkanes) is 1. The lowest BCUT2D eigenvalue weighted by atomic mass is 10.1. The zero-order valence-electron chi connectivity index (χ0n) is 17.1. The van der Waals surface area contributed by atoms with Crippen LogP contribution >= 0.6 is 0 Å². The highest BCUT2D eigenvalue weighted by Crippen LogP contribution is 2.40. The molecule has 28 heavy (non-hydrogen) atoms. The minimum atomic E-state index is 0.224. The first-order valence-corrected chi connectivity index (χ1v) is 9.41. The monoisotopic (exact) mass is 390 g/mol. The predicted molar refractivity (Wildman–Crippen MR) is 110 cm³/mol. The maximum absolute atomic E-state index is 5.88. The summed E-state index contributed by atoms with van der Waals surface area (Å²) in [5.74, 6) is 3.37. The van der Waals surface area contributed by atoms with Gasteiger partial charge in [0.2, 0.25) is 11.7 Å². The number of nitrogens with one attached hydrogen (secondary N) is 1. The van der Waals surface area contributed by atoms with E-state index in [9.17, 15) is 0 Å². The highest BCUT2D eigenvalue weighted by atomic mass is 16.5. The predicted octanol–water partition coefficient (Wildman–Crippen LogP) is 3.31. The summed E-state index contributed by atoms with van der Waals surface area (Å²) in [4.78, 5) is 8.26. The fourth-order valence-electron chi connectivity index (χ4n) is 2.81. The molecule has 0 amide bonds. The van der Waals surface area contributed by atoms with E-state index in [-0.39, 0.29) is 5.95 Å². The summed E-state index contributed by atoms with van der Waals surface area (Å²) in [5.41, 5.74) is 6.72. The summed E-state index contributed by atoms with van der Waals surface area (Å²) >= 11 is 0. The summed E-state index contributed by atoms with van der Waals surface area (Å²) in [6, 6.07) is 3.85. The molecule has 0 atom stereocenters. The van der Waals surface area contributed by atoms with E-state index < -0.39 is 0 Å². The van der Waals surface area contributed by atoms with Gasteiger partial charge in [0.1, 0.15) is 0 Å². The molecule has 8 nitrogen and oxygen atoms in total. The Bertz CT molecular complexity index is 755. The van der Waals surface area contributed by atoms with Crippen LogP contribution in [0.5, 0.6) is 23.0 Å². The highest BCUT2D eigenvalue weighted by molar-refractivity contribution is 5.56. The third-order valence-electron chi connectivity index (χ3n) is 4.23. The molecule has 0 unspecified atom stereocenters. The van der Waals surface area contributed by atoms with Crippen LogP contribution in [0.25, 0.3) is 0 Å². The van der Waals surface area contributed by atoms with Crippen LogP contribution < -0.4 is 30.0 Å². The quantitative estimate of drug-likeness (QED) is 0.532. The fraction of sp³-hybridized carbons (Fsp3) is 0.500. The van der Waals surface area contributed by atoms with Gasteiger partial charge in [-0.1, -0.05) is 19.4 Å². The number of benzene rings is 1. The smallest absolute Gasteiger partial charge is 0.222 e. The van der Waals surface area contributed by atoms with E-state index in [1.54, 1.807) is 27.5 Å². The Morgan fingerprint density at radius 2 is 1.79 bits per heavy atom. The number of nitrogens with zero attached hydrogens (tertiary/aromatic N) is 2. The molecule has 2 rings (SSSR count). The van der Waals surface area contributed by atoms with Crippen molar-refractivity contribution >= 4 is 11.8 Å². The molecule has 8 heteroatoms. The topological polar surface area (TPSA) is 101 Å². The minimum absolute atomic E-state index is 0.224. The molecule has 2 aromatic rings. The Labute approximate surface area is 166 Å². The second kappa shape index (κ2) is 11.1. The van der Waals surface area contributed by atoms with E-state index in [2.05, 4.69) is 22.2 Å². The number of anilines is 2. The van der Waals surface area contributed by atoms with E-state index in [0.717, 1.165) is 37.8 Å². The van der Waals surface area contributed by atoms with Crippen molar-refractivity contribution in [3.63, 3.8) is 0 Å². The highest BCUT2D eigenvalue weighted by Gasteiger charge is 2.15. The number of nitrogen functional groups attached to an aromatic ring is 1. The number of rotatable bonds is 12. The van der Waals surface area contributed by atoms with Gasteiger partial charge in [0.25, 0.3) is 0 Å². The van der Waals surface area contributed by atoms with Crippen molar-refractivity contribution in [2.45, 2.75) is 32.6 Å². The fourth-order valence-corrected chi connectivity index (χ4v) is 2.81. The molecule has 0 fully saturated rings. The van der Waals surface area contributed by atoms with E-state index >= 15 is 0 Å². The number of aryl methyl sites for hydroxylation is 1. The average Bonchev–Trinajstić information content (AvgIpc) is 2.71. The number of methoxy groups -OCH3 is 3. The molecule has 0 saturated carbocycles. The lowest BCUT2D eigenvalue weighted by Gasteiger charge is -2.16. The van der Waals surface area contributed by atoms with Gasteiger partial charge in [-0.2, -0.15) is 4.98 Å². The Morgan fingerprint density at radius 3 is 2.46 bits per heavy atom. The first-order chi connectivity index (χ1) is 13.6. The van der Waals surface area contributed by atoms with E-state index in [1.165, 1.54) is 0 Å². The summed E-state index contributed by atoms with van der Waals surface area (Å²) in [6.45, 7) is 3.45. The molecule has 0 aliphatic rings. The Balaban J connectivity index is 1.98. The zero-order chi connectivity index (χ0) is 20.4. The van der Waals surface area contributed by atoms with Crippen LogP contribution in [-0.2, 0) is 6.42 Å². The third-order valence-corrected chi connectivity index (χ3v) is 4.23. The third kappa shape index (κ3) is 5.55. The molecule has 0 aliphatic heterocycles. The summed E-state index contributed by atoms with van der Waals surface area (Å²) in [7, 11) is 4.82. The van der Waals surface area contributed by atoms with Crippen LogP contribution in [0.15, 0.2) is 18.3 Å². The van der Waals surface area contributed by atoms with Gasteiger partial charge in [-0.25, -0.2) is 4.98 Å². The molecule has 1 aromatic heterocycles. The van der Waals surface area contributed by atoms with E-state index in [0.29, 0.717) is 35.4 Å². The second-order valence-corrected chi connectivity index (χ2v) is 6.17. The zero-order valence-corrected chi connectivity index (χ0v) is 17.1. The van der Waals surface area contributed by atoms with Crippen LogP contribution in [0.4, 0.5) is 11.8 Å². The molecule has 0 aliphatic carbocycles. The normalized spacial score (nSPS) is 10.4. The molecule has 154 valence electrons. The van der Waals surface area contributed by atoms with Gasteiger partial charge in [0, 0.05) is 6.54 Å². The lowest BCUT2D eigenvalue weighted by Crippen LogP contribution is -2.09. The van der Waals surface area contributed by atoms with Gasteiger partial charge in [0.05, 0.1) is 34.1 Å². The molecule has 1 aromatic carbocycles. The standard InChI is InChI=1S/C20H30N4O4/c1-5-6-11-22-19-16(13-23-20(21)24-19)28-12-7-8-14-9-10-15(25-2)18(27-4)17(14)26-3/h9-10,13H,5-8,11-12H2,1-4H3,(H3,21,22,23,24). The largest absolute Gasteiger partial charge is 0.493 e. The van der Waals surface area contributed by atoms with Crippen molar-refractivity contribution in [1.82, 2.24) is 9.97 Å². The van der Waals surface area contributed by atoms with E-state index in [4.69, 9.17) is 24.7 Å². The van der Waals surface area contributed by atoms with Crippen molar-refractivity contribution in [2.75, 3.05) is 45.5 Å². The molecule has 0 spiro atoms. The van der Waals surface area contributed by atoms with Gasteiger partial charge < -0.3 is 30.0 Å². The minimum Gasteiger partial charge on any atom is -0.493 e. The van der Waals surface area contributed by atoms with Crippen LogP contribution in [0.1, 0.15) is 31.7 Å². The van der Waals surface area contributed by atoms with Gasteiger partial charge >= 0.3 is 0 Å². The van der Waals surface area contributed by atoms with Crippen LogP contribution in [0.3, 0.4) is 0 Å².